The molecule has 10 heteroatoms. The van der Waals surface area contributed by atoms with E-state index in [2.05, 4.69) is 27.4 Å². The number of fused-ring (bicyclic) bond motifs is 1. The van der Waals surface area contributed by atoms with Gasteiger partial charge in [-0.05, 0) is 48.7 Å². The number of rotatable bonds is 5. The lowest BCUT2D eigenvalue weighted by molar-refractivity contribution is -0.140. The first-order valence-electron chi connectivity index (χ1n) is 12.1. The number of likely N-dealkylation sites (tertiary alicyclic amines) is 1. The molecule has 4 rings (SSSR count). The lowest BCUT2D eigenvalue weighted by atomic mass is 10.1. The van der Waals surface area contributed by atoms with E-state index < -0.39 is 23.8 Å². The standard InChI is InChI=1S/C27H29FN4O5/c1-31-23-15-18(5-3-12-32-13-10-21(33)16-32)7-8-24(23)37-17-22(27(31)36)30-26(35)25(34)29-11-9-19-4-2-6-20(28)14-19/h2,4,6-8,14-15,21-22,33H,9-13,16-17H2,1H3,(H,29,34)(H,30,35)/t21-,22+/m1/s1. The summed E-state index contributed by atoms with van der Waals surface area (Å²) in [5.74, 6) is 3.96. The molecule has 37 heavy (non-hydrogen) atoms. The van der Waals surface area contributed by atoms with E-state index in [0.29, 0.717) is 42.1 Å². The second kappa shape index (κ2) is 11.9. The van der Waals surface area contributed by atoms with Gasteiger partial charge in [0, 0.05) is 32.2 Å². The molecule has 2 atom stereocenters. The molecule has 0 unspecified atom stereocenters. The number of β-amino-alcohol motifs (C(OH)–C–C–N with tert-alkyl or cyclic N) is 1. The third-order valence-corrected chi connectivity index (χ3v) is 6.24. The topological polar surface area (TPSA) is 111 Å². The number of aliphatic hydroxyl groups is 1. The molecule has 3 N–H and O–H groups in total. The summed E-state index contributed by atoms with van der Waals surface area (Å²) in [6.45, 7) is 1.96. The third-order valence-electron chi connectivity index (χ3n) is 6.24. The van der Waals surface area contributed by atoms with Gasteiger partial charge < -0.3 is 25.4 Å². The van der Waals surface area contributed by atoms with Gasteiger partial charge in [-0.15, -0.1) is 0 Å². The average molecular weight is 509 g/mol. The van der Waals surface area contributed by atoms with Gasteiger partial charge >= 0.3 is 11.8 Å². The first kappa shape index (κ1) is 26.1. The number of benzene rings is 2. The molecule has 0 aliphatic carbocycles. The van der Waals surface area contributed by atoms with Crippen LogP contribution in [0.3, 0.4) is 0 Å². The molecule has 1 fully saturated rings. The van der Waals surface area contributed by atoms with Crippen molar-refractivity contribution < 1.29 is 28.6 Å². The summed E-state index contributed by atoms with van der Waals surface area (Å²) < 4.78 is 19.0. The summed E-state index contributed by atoms with van der Waals surface area (Å²) in [5.41, 5.74) is 1.89. The molecule has 194 valence electrons. The molecule has 1 saturated heterocycles. The third kappa shape index (κ3) is 6.84. The molecule has 9 nitrogen and oxygen atoms in total. The first-order valence-corrected chi connectivity index (χ1v) is 12.1. The number of nitrogens with one attached hydrogen (secondary N) is 2. The van der Waals surface area contributed by atoms with Crippen molar-refractivity contribution in [1.82, 2.24) is 15.5 Å². The van der Waals surface area contributed by atoms with Crippen LogP contribution >= 0.6 is 0 Å². The summed E-state index contributed by atoms with van der Waals surface area (Å²) in [4.78, 5) is 41.1. The number of halogens is 1. The number of carbonyl (C=O) groups excluding carboxylic acids is 3. The molecular weight excluding hydrogens is 479 g/mol. The highest BCUT2D eigenvalue weighted by Crippen LogP contribution is 2.31. The number of ether oxygens (including phenoxy) is 1. The van der Waals surface area contributed by atoms with Crippen molar-refractivity contribution in [3.05, 3.63) is 59.4 Å². The minimum Gasteiger partial charge on any atom is -0.489 e. The van der Waals surface area contributed by atoms with Crippen LogP contribution in [0.1, 0.15) is 17.5 Å². The van der Waals surface area contributed by atoms with Crippen LogP contribution in [-0.4, -0.2) is 79.7 Å². The first-order chi connectivity index (χ1) is 17.8. The zero-order valence-electron chi connectivity index (χ0n) is 20.5. The van der Waals surface area contributed by atoms with Crippen molar-refractivity contribution in [2.75, 3.05) is 44.7 Å². The van der Waals surface area contributed by atoms with Crippen molar-refractivity contribution in [3.63, 3.8) is 0 Å². The molecule has 2 aromatic carbocycles. The fourth-order valence-electron chi connectivity index (χ4n) is 4.21. The predicted octanol–water partition coefficient (Wildman–Crippen LogP) is 0.443. The normalized spacial score (nSPS) is 19.2. The van der Waals surface area contributed by atoms with Crippen molar-refractivity contribution in [1.29, 1.82) is 0 Å². The SMILES string of the molecule is CN1C(=O)[C@@H](NC(=O)C(=O)NCCc2cccc(F)c2)COc2ccc(C#CCN3CC[C@@H](O)C3)cc21. The molecule has 0 aromatic heterocycles. The van der Waals surface area contributed by atoms with Crippen LogP contribution in [0.5, 0.6) is 5.75 Å². The Bertz CT molecular complexity index is 1240. The van der Waals surface area contributed by atoms with Crippen molar-refractivity contribution in [2.45, 2.75) is 25.0 Å². The minimum atomic E-state index is -1.06. The van der Waals surface area contributed by atoms with Crippen LogP contribution in [0.2, 0.25) is 0 Å². The summed E-state index contributed by atoms with van der Waals surface area (Å²) in [6.07, 6.45) is 0.802. The average Bonchev–Trinajstić information content (AvgIpc) is 3.26. The largest absolute Gasteiger partial charge is 0.489 e. The van der Waals surface area contributed by atoms with Gasteiger partial charge in [-0.3, -0.25) is 19.3 Å². The van der Waals surface area contributed by atoms with Crippen LogP contribution in [0.25, 0.3) is 0 Å². The highest BCUT2D eigenvalue weighted by molar-refractivity contribution is 6.35. The quantitative estimate of drug-likeness (QED) is 0.400. The van der Waals surface area contributed by atoms with E-state index in [9.17, 15) is 23.9 Å². The monoisotopic (exact) mass is 508 g/mol. The maximum atomic E-state index is 13.3. The smallest absolute Gasteiger partial charge is 0.310 e. The van der Waals surface area contributed by atoms with E-state index in [1.807, 2.05) is 0 Å². The van der Waals surface area contributed by atoms with Crippen LogP contribution in [0.4, 0.5) is 10.1 Å². The number of anilines is 1. The molecule has 0 saturated carbocycles. The van der Waals surface area contributed by atoms with Gasteiger partial charge in [0.25, 0.3) is 5.91 Å². The van der Waals surface area contributed by atoms with E-state index in [1.54, 1.807) is 37.4 Å². The number of amides is 3. The molecule has 2 aliphatic rings. The lowest BCUT2D eigenvalue weighted by Gasteiger charge is -2.20. The van der Waals surface area contributed by atoms with Gasteiger partial charge in [-0.2, -0.15) is 0 Å². The molecule has 2 aliphatic heterocycles. The van der Waals surface area contributed by atoms with E-state index in [1.165, 1.54) is 17.0 Å². The summed E-state index contributed by atoms with van der Waals surface area (Å²) in [5, 5.41) is 14.5. The number of hydrogen-bond acceptors (Lipinski definition) is 6. The van der Waals surface area contributed by atoms with Crippen LogP contribution in [0, 0.1) is 17.7 Å². The zero-order chi connectivity index (χ0) is 26.4. The zero-order valence-corrected chi connectivity index (χ0v) is 20.5. The second-order valence-electron chi connectivity index (χ2n) is 9.03. The molecule has 2 aromatic rings. The molecule has 2 heterocycles. The summed E-state index contributed by atoms with van der Waals surface area (Å²) in [7, 11) is 1.57. The van der Waals surface area contributed by atoms with E-state index in [0.717, 1.165) is 13.0 Å². The Labute approximate surface area is 214 Å². The van der Waals surface area contributed by atoms with Gasteiger partial charge in [0.15, 0.2) is 0 Å². The lowest BCUT2D eigenvalue weighted by Crippen LogP contribution is -2.53. The molecular formula is C27H29FN4O5. The van der Waals surface area contributed by atoms with Crippen molar-refractivity contribution in [2.24, 2.45) is 0 Å². The summed E-state index contributed by atoms with van der Waals surface area (Å²) in [6, 6.07) is 10.2. The Morgan fingerprint density at radius 3 is 2.81 bits per heavy atom. The minimum absolute atomic E-state index is 0.137. The van der Waals surface area contributed by atoms with E-state index >= 15 is 0 Å². The Balaban J connectivity index is 1.32. The number of likely N-dealkylation sites (N-methyl/N-ethyl adjacent to an activating group) is 1. The van der Waals surface area contributed by atoms with Crippen LogP contribution < -0.4 is 20.3 Å². The molecule has 3 amide bonds. The number of nitrogens with zero attached hydrogens (tertiary/aromatic N) is 2. The summed E-state index contributed by atoms with van der Waals surface area (Å²) >= 11 is 0. The van der Waals surface area contributed by atoms with Gasteiger partial charge in [-0.25, -0.2) is 4.39 Å². The number of carbonyl (C=O) groups is 3. The van der Waals surface area contributed by atoms with Crippen LogP contribution in [-0.2, 0) is 20.8 Å². The number of aliphatic hydroxyl groups excluding tert-OH is 1. The Hall–Kier alpha value is -3.94. The highest BCUT2D eigenvalue weighted by atomic mass is 19.1. The highest BCUT2D eigenvalue weighted by Gasteiger charge is 2.32. The van der Waals surface area contributed by atoms with Crippen molar-refractivity contribution >= 4 is 23.4 Å². The molecule has 0 spiro atoms. The Morgan fingerprint density at radius 2 is 2.05 bits per heavy atom. The molecule has 0 radical (unpaired) electrons. The Kier molecular flexibility index (Phi) is 8.38. The molecule has 0 bridgehead atoms. The number of hydrogen-bond donors (Lipinski definition) is 3. The fraction of sp³-hybridized carbons (Fsp3) is 0.370. The van der Waals surface area contributed by atoms with E-state index in [-0.39, 0.29) is 25.1 Å². The van der Waals surface area contributed by atoms with Gasteiger partial charge in [-0.1, -0.05) is 24.0 Å². The van der Waals surface area contributed by atoms with Crippen LogP contribution in [0.15, 0.2) is 42.5 Å². The fourth-order valence-corrected chi connectivity index (χ4v) is 4.21. The maximum Gasteiger partial charge on any atom is 0.310 e. The van der Waals surface area contributed by atoms with E-state index in [4.69, 9.17) is 4.74 Å². The predicted molar refractivity (Wildman–Crippen MR) is 134 cm³/mol. The Morgan fingerprint density at radius 1 is 1.22 bits per heavy atom. The van der Waals surface area contributed by atoms with Gasteiger partial charge in [0.1, 0.15) is 24.2 Å². The maximum absolute atomic E-state index is 13.3. The van der Waals surface area contributed by atoms with Crippen molar-refractivity contribution in [3.8, 4) is 17.6 Å². The van der Waals surface area contributed by atoms with Gasteiger partial charge in [0.2, 0.25) is 0 Å². The second-order valence-corrected chi connectivity index (χ2v) is 9.03. The van der Waals surface area contributed by atoms with Gasteiger partial charge in [0.05, 0.1) is 18.3 Å².